The van der Waals surface area contributed by atoms with E-state index in [0.29, 0.717) is 12.1 Å². The molecule has 0 amide bonds. The molecule has 19 heavy (non-hydrogen) atoms. The van der Waals surface area contributed by atoms with Crippen molar-refractivity contribution in [1.29, 1.82) is 0 Å². The third kappa shape index (κ3) is 3.18. The molecule has 0 spiro atoms. The maximum Gasteiger partial charge on any atom is 0.176 e. The van der Waals surface area contributed by atoms with E-state index in [1.807, 2.05) is 0 Å². The minimum atomic E-state index is -0.967. The average Bonchev–Trinajstić information content (AvgIpc) is 2.37. The Balaban J connectivity index is 2.09. The van der Waals surface area contributed by atoms with Crippen LogP contribution in [0.15, 0.2) is 18.2 Å². The maximum absolute atomic E-state index is 13.1. The van der Waals surface area contributed by atoms with Crippen molar-refractivity contribution < 1.29 is 13.6 Å². The number of piperidine rings is 1. The van der Waals surface area contributed by atoms with Gasteiger partial charge < -0.3 is 0 Å². The van der Waals surface area contributed by atoms with Crippen molar-refractivity contribution in [3.63, 3.8) is 0 Å². The van der Waals surface area contributed by atoms with Crippen molar-refractivity contribution in [2.75, 3.05) is 6.54 Å². The highest BCUT2D eigenvalue weighted by molar-refractivity contribution is 5.97. The van der Waals surface area contributed by atoms with Crippen molar-refractivity contribution in [2.45, 2.75) is 45.2 Å². The second kappa shape index (κ2) is 5.78. The normalized spacial score (nSPS) is 24.4. The highest BCUT2D eigenvalue weighted by atomic mass is 19.2. The van der Waals surface area contributed by atoms with Crippen LogP contribution >= 0.6 is 0 Å². The monoisotopic (exact) mass is 267 g/mol. The molecule has 0 aromatic heterocycles. The predicted octanol–water partition coefficient (Wildman–Crippen LogP) is 3.41. The molecule has 1 aromatic carbocycles. The molecule has 2 atom stereocenters. The van der Waals surface area contributed by atoms with Crippen LogP contribution in [0.1, 0.15) is 43.5 Å². The molecule has 4 heteroatoms. The van der Waals surface area contributed by atoms with Gasteiger partial charge in [-0.3, -0.25) is 9.69 Å². The molecule has 1 fully saturated rings. The molecule has 0 aliphatic carbocycles. The Kier molecular flexibility index (Phi) is 4.30. The van der Waals surface area contributed by atoms with Crippen LogP contribution in [0.3, 0.4) is 0 Å². The van der Waals surface area contributed by atoms with Gasteiger partial charge >= 0.3 is 0 Å². The summed E-state index contributed by atoms with van der Waals surface area (Å²) >= 11 is 0. The van der Waals surface area contributed by atoms with E-state index in [1.54, 1.807) is 0 Å². The molecule has 1 heterocycles. The number of hydrogen-bond acceptors (Lipinski definition) is 2. The number of carbonyl (C=O) groups is 1. The third-order valence-electron chi connectivity index (χ3n) is 3.94. The molecule has 2 rings (SSSR count). The van der Waals surface area contributed by atoms with Crippen LogP contribution in [0.25, 0.3) is 0 Å². The molecule has 1 aliphatic rings. The average molecular weight is 267 g/mol. The van der Waals surface area contributed by atoms with Gasteiger partial charge in [-0.05, 0) is 44.9 Å². The van der Waals surface area contributed by atoms with Crippen molar-refractivity contribution >= 4 is 5.78 Å². The molecule has 1 aromatic rings. The van der Waals surface area contributed by atoms with E-state index in [-0.39, 0.29) is 17.9 Å². The number of hydrogen-bond donors (Lipinski definition) is 0. The summed E-state index contributed by atoms with van der Waals surface area (Å²) in [6.07, 6.45) is 3.34. The molecule has 0 radical (unpaired) electrons. The quantitative estimate of drug-likeness (QED) is 0.782. The molecule has 0 saturated carbocycles. The van der Waals surface area contributed by atoms with Crippen LogP contribution in [0.4, 0.5) is 8.78 Å². The van der Waals surface area contributed by atoms with E-state index < -0.39 is 11.6 Å². The van der Waals surface area contributed by atoms with E-state index in [2.05, 4.69) is 18.7 Å². The number of benzene rings is 1. The highest BCUT2D eigenvalue weighted by Crippen LogP contribution is 2.22. The lowest BCUT2D eigenvalue weighted by atomic mass is 9.96. The van der Waals surface area contributed by atoms with Gasteiger partial charge in [-0.1, -0.05) is 6.42 Å². The standard InChI is InChI=1S/C15H19F2NO/c1-10-4-3-5-11(2)18(10)9-15(19)12-6-7-13(16)14(17)8-12/h6-8,10-11H,3-5,9H2,1-2H3/t10-,11+. The van der Waals surface area contributed by atoms with E-state index in [9.17, 15) is 13.6 Å². The third-order valence-corrected chi connectivity index (χ3v) is 3.94. The van der Waals surface area contributed by atoms with Crippen molar-refractivity contribution in [2.24, 2.45) is 0 Å². The van der Waals surface area contributed by atoms with Crippen LogP contribution in [0.2, 0.25) is 0 Å². The summed E-state index contributed by atoms with van der Waals surface area (Å²) in [6.45, 7) is 4.48. The van der Waals surface area contributed by atoms with Gasteiger partial charge in [-0.15, -0.1) is 0 Å². The minimum absolute atomic E-state index is 0.153. The number of carbonyl (C=O) groups excluding carboxylic acids is 1. The van der Waals surface area contributed by atoms with Gasteiger partial charge in [0.2, 0.25) is 0 Å². The summed E-state index contributed by atoms with van der Waals surface area (Å²) in [4.78, 5) is 14.3. The molecular weight excluding hydrogens is 248 g/mol. The first-order valence-corrected chi connectivity index (χ1v) is 6.73. The van der Waals surface area contributed by atoms with Crippen LogP contribution in [-0.2, 0) is 0 Å². The van der Waals surface area contributed by atoms with Gasteiger partial charge in [0, 0.05) is 17.6 Å². The molecule has 1 aliphatic heterocycles. The Morgan fingerprint density at radius 3 is 2.42 bits per heavy atom. The molecule has 104 valence electrons. The lowest BCUT2D eigenvalue weighted by Crippen LogP contribution is -2.46. The molecule has 0 bridgehead atoms. The fraction of sp³-hybridized carbons (Fsp3) is 0.533. The van der Waals surface area contributed by atoms with Crippen LogP contribution in [-0.4, -0.2) is 29.3 Å². The summed E-state index contributed by atoms with van der Waals surface area (Å²) in [5, 5.41) is 0. The van der Waals surface area contributed by atoms with Crippen molar-refractivity contribution in [3.8, 4) is 0 Å². The number of rotatable bonds is 3. The largest absolute Gasteiger partial charge is 0.293 e. The number of Topliss-reactive ketones (excluding diaryl/α,β-unsaturated/α-hetero) is 1. The molecule has 1 saturated heterocycles. The Morgan fingerprint density at radius 2 is 1.84 bits per heavy atom. The Labute approximate surface area is 112 Å². The van der Waals surface area contributed by atoms with E-state index in [4.69, 9.17) is 0 Å². The number of nitrogens with zero attached hydrogens (tertiary/aromatic N) is 1. The number of ketones is 1. The summed E-state index contributed by atoms with van der Waals surface area (Å²) in [5.74, 6) is -2.04. The van der Waals surface area contributed by atoms with E-state index in [1.165, 1.54) is 12.5 Å². The first-order chi connectivity index (χ1) is 8.99. The second-order valence-electron chi connectivity index (χ2n) is 5.35. The maximum atomic E-state index is 13.1. The predicted molar refractivity (Wildman–Crippen MR) is 70.2 cm³/mol. The SMILES string of the molecule is C[C@@H]1CCC[C@H](C)N1CC(=O)c1ccc(F)c(F)c1. The molecular formula is C15H19F2NO. The van der Waals surface area contributed by atoms with Gasteiger partial charge in [0.25, 0.3) is 0 Å². The van der Waals surface area contributed by atoms with Gasteiger partial charge in [0.05, 0.1) is 6.54 Å². The summed E-state index contributed by atoms with van der Waals surface area (Å²) in [6, 6.07) is 4.05. The van der Waals surface area contributed by atoms with Crippen molar-refractivity contribution in [3.05, 3.63) is 35.4 Å². The zero-order chi connectivity index (χ0) is 14.0. The fourth-order valence-corrected chi connectivity index (χ4v) is 2.71. The topological polar surface area (TPSA) is 20.3 Å². The zero-order valence-electron chi connectivity index (χ0n) is 11.3. The molecule has 0 N–H and O–H groups in total. The summed E-state index contributed by atoms with van der Waals surface area (Å²) < 4.78 is 26.0. The van der Waals surface area contributed by atoms with Crippen LogP contribution in [0.5, 0.6) is 0 Å². The zero-order valence-corrected chi connectivity index (χ0v) is 11.3. The Morgan fingerprint density at radius 1 is 1.21 bits per heavy atom. The first-order valence-electron chi connectivity index (χ1n) is 6.73. The fourth-order valence-electron chi connectivity index (χ4n) is 2.71. The first kappa shape index (κ1) is 14.1. The lowest BCUT2D eigenvalue weighted by molar-refractivity contribution is 0.0734. The summed E-state index contributed by atoms with van der Waals surface area (Å²) in [7, 11) is 0. The molecule has 0 unspecified atom stereocenters. The van der Waals surface area contributed by atoms with E-state index >= 15 is 0 Å². The van der Waals surface area contributed by atoms with Crippen LogP contribution in [0, 0.1) is 11.6 Å². The number of likely N-dealkylation sites (tertiary alicyclic amines) is 1. The lowest BCUT2D eigenvalue weighted by Gasteiger charge is -2.38. The van der Waals surface area contributed by atoms with Crippen molar-refractivity contribution in [1.82, 2.24) is 4.90 Å². The number of halogens is 2. The van der Waals surface area contributed by atoms with E-state index in [0.717, 1.165) is 25.0 Å². The minimum Gasteiger partial charge on any atom is -0.293 e. The smallest absolute Gasteiger partial charge is 0.176 e. The molecule has 2 nitrogen and oxygen atoms in total. The van der Waals surface area contributed by atoms with Crippen LogP contribution < -0.4 is 0 Å². The Bertz CT molecular complexity index is 465. The second-order valence-corrected chi connectivity index (χ2v) is 5.35. The van der Waals surface area contributed by atoms with Gasteiger partial charge in [0.15, 0.2) is 17.4 Å². The van der Waals surface area contributed by atoms with Gasteiger partial charge in [-0.25, -0.2) is 8.78 Å². The highest BCUT2D eigenvalue weighted by Gasteiger charge is 2.26. The van der Waals surface area contributed by atoms with Gasteiger partial charge in [0.1, 0.15) is 0 Å². The van der Waals surface area contributed by atoms with Gasteiger partial charge in [-0.2, -0.15) is 0 Å². The summed E-state index contributed by atoms with van der Waals surface area (Å²) in [5.41, 5.74) is 0.240. The Hall–Kier alpha value is -1.29.